The second-order valence-corrected chi connectivity index (χ2v) is 7.25. The smallest absolute Gasteiger partial charge is 0.401 e. The van der Waals surface area contributed by atoms with E-state index in [9.17, 15) is 18.0 Å². The Bertz CT molecular complexity index is 828. The minimum Gasteiger partial charge on any atom is -0.465 e. The van der Waals surface area contributed by atoms with Gasteiger partial charge in [0, 0.05) is 17.8 Å². The number of fused-ring (bicyclic) bond motifs is 1. The molecule has 1 aliphatic heterocycles. The van der Waals surface area contributed by atoms with Gasteiger partial charge in [0.25, 0.3) is 5.78 Å². The van der Waals surface area contributed by atoms with Crippen LogP contribution < -0.4 is 0 Å². The first-order chi connectivity index (χ1) is 13.2. The summed E-state index contributed by atoms with van der Waals surface area (Å²) >= 11 is 0. The lowest BCUT2D eigenvalue weighted by Crippen LogP contribution is -2.40. The van der Waals surface area contributed by atoms with Crippen LogP contribution in [0.2, 0.25) is 0 Å². The Morgan fingerprint density at radius 1 is 1.29 bits per heavy atom. The van der Waals surface area contributed by atoms with E-state index in [1.165, 1.54) is 11.2 Å². The van der Waals surface area contributed by atoms with Crippen molar-refractivity contribution in [3.05, 3.63) is 23.3 Å². The van der Waals surface area contributed by atoms with Crippen molar-refractivity contribution in [3.8, 4) is 0 Å². The molecule has 3 heterocycles. The van der Waals surface area contributed by atoms with Crippen LogP contribution in [0.4, 0.5) is 13.2 Å². The molecule has 0 aromatic carbocycles. The maximum atomic E-state index is 12.4. The van der Waals surface area contributed by atoms with Crippen LogP contribution in [0.15, 0.2) is 6.33 Å². The molecule has 0 aliphatic carbocycles. The van der Waals surface area contributed by atoms with Gasteiger partial charge >= 0.3 is 12.1 Å². The molecule has 1 fully saturated rings. The Morgan fingerprint density at radius 3 is 2.68 bits per heavy atom. The molecular formula is C18H24F3N5O2. The standard InChI is InChI=1S/C18H24F3N5O2/c1-12-15(13(2)26-17(24-12)22-11-23-26)3-4-16(27)28-9-14-5-7-25(8-6-14)10-18(19,20)21/h11,14H,3-10H2,1-2H3. The summed E-state index contributed by atoms with van der Waals surface area (Å²) < 4.78 is 44.2. The van der Waals surface area contributed by atoms with E-state index in [0.29, 0.717) is 38.1 Å². The maximum Gasteiger partial charge on any atom is 0.401 e. The number of rotatable bonds is 6. The van der Waals surface area contributed by atoms with Crippen LogP contribution in [0, 0.1) is 19.8 Å². The highest BCUT2D eigenvalue weighted by Crippen LogP contribution is 2.23. The number of aryl methyl sites for hydroxylation is 2. The van der Waals surface area contributed by atoms with Crippen LogP contribution in [0.1, 0.15) is 36.2 Å². The van der Waals surface area contributed by atoms with E-state index in [1.54, 1.807) is 4.52 Å². The zero-order valence-electron chi connectivity index (χ0n) is 16.0. The third-order valence-corrected chi connectivity index (χ3v) is 5.16. The number of aromatic nitrogens is 4. The summed E-state index contributed by atoms with van der Waals surface area (Å²) in [4.78, 5) is 22.0. The highest BCUT2D eigenvalue weighted by Gasteiger charge is 2.32. The highest BCUT2D eigenvalue weighted by molar-refractivity contribution is 5.69. The van der Waals surface area contributed by atoms with Gasteiger partial charge in [-0.1, -0.05) is 0 Å². The third-order valence-electron chi connectivity index (χ3n) is 5.16. The van der Waals surface area contributed by atoms with Crippen molar-refractivity contribution in [1.29, 1.82) is 0 Å². The summed E-state index contributed by atoms with van der Waals surface area (Å²) in [6.07, 6.45) is -0.810. The van der Waals surface area contributed by atoms with Gasteiger partial charge in [0.15, 0.2) is 0 Å². The molecule has 3 rings (SSSR count). The van der Waals surface area contributed by atoms with Crippen LogP contribution in [0.5, 0.6) is 0 Å². The summed E-state index contributed by atoms with van der Waals surface area (Å²) in [7, 11) is 0. The van der Waals surface area contributed by atoms with Gasteiger partial charge in [0.2, 0.25) is 0 Å². The number of hydrogen-bond donors (Lipinski definition) is 0. The summed E-state index contributed by atoms with van der Waals surface area (Å²) in [5.74, 6) is 0.332. The van der Waals surface area contributed by atoms with E-state index < -0.39 is 12.7 Å². The first-order valence-electron chi connectivity index (χ1n) is 9.33. The van der Waals surface area contributed by atoms with Gasteiger partial charge in [-0.15, -0.1) is 0 Å². The Kier molecular flexibility index (Phi) is 6.17. The number of halogens is 3. The second kappa shape index (κ2) is 8.42. The molecule has 0 saturated carbocycles. The first-order valence-corrected chi connectivity index (χ1v) is 9.33. The molecule has 0 atom stereocenters. The van der Waals surface area contributed by atoms with E-state index in [0.717, 1.165) is 17.0 Å². The quantitative estimate of drug-likeness (QED) is 0.695. The van der Waals surface area contributed by atoms with E-state index >= 15 is 0 Å². The molecule has 7 nitrogen and oxygen atoms in total. The molecule has 0 amide bonds. The van der Waals surface area contributed by atoms with Crippen LogP contribution in [-0.2, 0) is 16.0 Å². The van der Waals surface area contributed by atoms with Crippen molar-refractivity contribution in [2.24, 2.45) is 5.92 Å². The predicted octanol–water partition coefficient (Wildman–Crippen LogP) is 2.49. The Hall–Kier alpha value is -2.23. The van der Waals surface area contributed by atoms with Gasteiger partial charge < -0.3 is 4.74 Å². The monoisotopic (exact) mass is 399 g/mol. The molecular weight excluding hydrogens is 375 g/mol. The summed E-state index contributed by atoms with van der Waals surface area (Å²) in [6, 6.07) is 0. The molecule has 0 unspecified atom stereocenters. The van der Waals surface area contributed by atoms with E-state index in [4.69, 9.17) is 4.74 Å². The molecule has 0 radical (unpaired) electrons. The van der Waals surface area contributed by atoms with Gasteiger partial charge in [0.05, 0.1) is 13.2 Å². The fourth-order valence-electron chi connectivity index (χ4n) is 3.59. The van der Waals surface area contributed by atoms with Crippen molar-refractivity contribution in [2.45, 2.75) is 45.7 Å². The minimum atomic E-state index is -4.17. The molecule has 1 aliphatic rings. The molecule has 10 heteroatoms. The van der Waals surface area contributed by atoms with Crippen molar-refractivity contribution in [2.75, 3.05) is 26.2 Å². The van der Waals surface area contributed by atoms with Crippen LogP contribution in [0.3, 0.4) is 0 Å². The zero-order valence-corrected chi connectivity index (χ0v) is 16.0. The van der Waals surface area contributed by atoms with E-state index in [2.05, 4.69) is 15.1 Å². The number of carbonyl (C=O) groups excluding carboxylic acids is 1. The maximum absolute atomic E-state index is 12.4. The minimum absolute atomic E-state index is 0.116. The summed E-state index contributed by atoms with van der Waals surface area (Å²) in [6.45, 7) is 3.93. The number of carbonyl (C=O) groups is 1. The van der Waals surface area contributed by atoms with E-state index in [1.807, 2.05) is 13.8 Å². The molecule has 2 aromatic heterocycles. The fraction of sp³-hybridized carbons (Fsp3) is 0.667. The lowest BCUT2D eigenvalue weighted by atomic mass is 9.98. The lowest BCUT2D eigenvalue weighted by Gasteiger charge is -2.32. The number of piperidine rings is 1. The average Bonchev–Trinajstić information content (AvgIpc) is 3.08. The zero-order chi connectivity index (χ0) is 20.3. The van der Waals surface area contributed by atoms with Gasteiger partial charge in [-0.3, -0.25) is 9.69 Å². The Balaban J connectivity index is 1.43. The molecule has 0 spiro atoms. The van der Waals surface area contributed by atoms with Crippen LogP contribution >= 0.6 is 0 Å². The molecule has 154 valence electrons. The second-order valence-electron chi connectivity index (χ2n) is 7.25. The number of alkyl halides is 3. The normalized spacial score (nSPS) is 16.6. The third kappa shape index (κ3) is 5.18. The Morgan fingerprint density at radius 2 is 2.00 bits per heavy atom. The van der Waals surface area contributed by atoms with Crippen LogP contribution in [-0.4, -0.2) is 62.9 Å². The average molecular weight is 399 g/mol. The number of likely N-dealkylation sites (tertiary alicyclic amines) is 1. The summed E-state index contributed by atoms with van der Waals surface area (Å²) in [5, 5.41) is 4.13. The van der Waals surface area contributed by atoms with Crippen LogP contribution in [0.25, 0.3) is 5.78 Å². The number of nitrogens with zero attached hydrogens (tertiary/aromatic N) is 5. The number of hydrogen-bond acceptors (Lipinski definition) is 6. The molecule has 28 heavy (non-hydrogen) atoms. The lowest BCUT2D eigenvalue weighted by molar-refractivity contribution is -0.150. The molecule has 0 bridgehead atoms. The molecule has 0 N–H and O–H groups in total. The SMILES string of the molecule is Cc1nc2ncnn2c(C)c1CCC(=O)OCC1CCN(CC(F)(F)F)CC1. The van der Waals surface area contributed by atoms with Crippen molar-refractivity contribution < 1.29 is 22.7 Å². The predicted molar refractivity (Wildman–Crippen MR) is 94.8 cm³/mol. The van der Waals surface area contributed by atoms with Gasteiger partial charge in [-0.25, -0.2) is 9.50 Å². The molecule has 1 saturated heterocycles. The largest absolute Gasteiger partial charge is 0.465 e. The number of esters is 1. The fourth-order valence-corrected chi connectivity index (χ4v) is 3.59. The van der Waals surface area contributed by atoms with E-state index in [-0.39, 0.29) is 24.9 Å². The summed E-state index contributed by atoms with van der Waals surface area (Å²) in [5.41, 5.74) is 2.64. The molecule has 2 aromatic rings. The van der Waals surface area contributed by atoms with Gasteiger partial charge in [-0.2, -0.15) is 23.3 Å². The van der Waals surface area contributed by atoms with Gasteiger partial charge in [0.1, 0.15) is 6.33 Å². The van der Waals surface area contributed by atoms with Crippen molar-refractivity contribution in [1.82, 2.24) is 24.5 Å². The van der Waals surface area contributed by atoms with Crippen molar-refractivity contribution in [3.63, 3.8) is 0 Å². The highest BCUT2D eigenvalue weighted by atomic mass is 19.4. The van der Waals surface area contributed by atoms with Crippen molar-refractivity contribution >= 4 is 11.7 Å². The topological polar surface area (TPSA) is 72.6 Å². The Labute approximate surface area is 160 Å². The first kappa shape index (κ1) is 20.5. The van der Waals surface area contributed by atoms with Gasteiger partial charge in [-0.05, 0) is 57.7 Å². The number of ether oxygens (including phenoxy) is 1.